The highest BCUT2D eigenvalue weighted by molar-refractivity contribution is 6.28. The first-order chi connectivity index (χ1) is 9.70. The predicted octanol–water partition coefficient (Wildman–Crippen LogP) is 3.84. The van der Waals surface area contributed by atoms with E-state index in [1.807, 2.05) is 43.3 Å². The minimum absolute atomic E-state index is 0.175. The number of nitrogens with zero attached hydrogens (tertiary/aromatic N) is 3. The van der Waals surface area contributed by atoms with E-state index in [9.17, 15) is 0 Å². The summed E-state index contributed by atoms with van der Waals surface area (Å²) < 4.78 is 4.99. The Balaban J connectivity index is 1.94. The standard InChI is InChI=1S/C14H11ClN4O/c1-9-7-13(19-20-9)17-12-8-11(16-14(15)18-12)10-5-3-2-4-6-10/h2-8H,1H3,(H,16,17,18,19). The van der Waals surface area contributed by atoms with Gasteiger partial charge in [-0.2, -0.15) is 0 Å². The highest BCUT2D eigenvalue weighted by Crippen LogP contribution is 2.23. The van der Waals surface area contributed by atoms with Gasteiger partial charge in [0.1, 0.15) is 11.6 Å². The molecule has 6 heteroatoms. The van der Waals surface area contributed by atoms with Crippen LogP contribution in [0.3, 0.4) is 0 Å². The Morgan fingerprint density at radius 1 is 1.05 bits per heavy atom. The number of aromatic nitrogens is 3. The molecule has 0 fully saturated rings. The molecule has 5 nitrogen and oxygen atoms in total. The first-order valence-corrected chi connectivity index (χ1v) is 6.39. The summed E-state index contributed by atoms with van der Waals surface area (Å²) in [6, 6.07) is 13.3. The molecule has 100 valence electrons. The van der Waals surface area contributed by atoms with Crippen molar-refractivity contribution >= 4 is 23.2 Å². The third kappa shape index (κ3) is 2.78. The van der Waals surface area contributed by atoms with E-state index in [2.05, 4.69) is 20.4 Å². The van der Waals surface area contributed by atoms with Gasteiger partial charge in [0, 0.05) is 17.7 Å². The summed E-state index contributed by atoms with van der Waals surface area (Å²) in [5, 5.41) is 7.06. The van der Waals surface area contributed by atoms with E-state index in [0.29, 0.717) is 11.6 Å². The largest absolute Gasteiger partial charge is 0.360 e. The van der Waals surface area contributed by atoms with Gasteiger partial charge in [0.2, 0.25) is 5.28 Å². The molecule has 20 heavy (non-hydrogen) atoms. The average molecular weight is 287 g/mol. The van der Waals surface area contributed by atoms with E-state index in [1.54, 1.807) is 6.07 Å². The van der Waals surface area contributed by atoms with Gasteiger partial charge in [-0.05, 0) is 18.5 Å². The van der Waals surface area contributed by atoms with Gasteiger partial charge in [-0.15, -0.1) is 0 Å². The molecule has 2 heterocycles. The van der Waals surface area contributed by atoms with Crippen molar-refractivity contribution in [3.8, 4) is 11.3 Å². The highest BCUT2D eigenvalue weighted by atomic mass is 35.5. The quantitative estimate of drug-likeness (QED) is 0.741. The Labute approximate surface area is 120 Å². The number of hydrogen-bond acceptors (Lipinski definition) is 5. The van der Waals surface area contributed by atoms with E-state index < -0.39 is 0 Å². The molecule has 0 atom stereocenters. The van der Waals surface area contributed by atoms with Gasteiger partial charge in [-0.3, -0.25) is 0 Å². The Morgan fingerprint density at radius 2 is 1.85 bits per heavy atom. The molecule has 1 N–H and O–H groups in total. The van der Waals surface area contributed by atoms with Gasteiger partial charge < -0.3 is 9.84 Å². The van der Waals surface area contributed by atoms with Gasteiger partial charge in [-0.25, -0.2) is 9.97 Å². The van der Waals surface area contributed by atoms with Crippen LogP contribution in [0.25, 0.3) is 11.3 Å². The fourth-order valence-electron chi connectivity index (χ4n) is 1.80. The first-order valence-electron chi connectivity index (χ1n) is 6.01. The summed E-state index contributed by atoms with van der Waals surface area (Å²) in [6.07, 6.45) is 0. The Hall–Kier alpha value is -2.40. The molecule has 0 aliphatic heterocycles. The van der Waals surface area contributed by atoms with Gasteiger partial charge >= 0.3 is 0 Å². The summed E-state index contributed by atoms with van der Waals surface area (Å²) in [6.45, 7) is 1.82. The Bertz CT molecular complexity index is 727. The summed E-state index contributed by atoms with van der Waals surface area (Å²) in [5.74, 6) is 1.87. The monoisotopic (exact) mass is 286 g/mol. The van der Waals surface area contributed by atoms with Crippen LogP contribution in [0.4, 0.5) is 11.6 Å². The normalized spacial score (nSPS) is 10.5. The van der Waals surface area contributed by atoms with E-state index >= 15 is 0 Å². The molecule has 0 bridgehead atoms. The number of hydrogen-bond donors (Lipinski definition) is 1. The molecule has 0 unspecified atom stereocenters. The second-order valence-electron chi connectivity index (χ2n) is 4.22. The molecule has 3 rings (SSSR count). The lowest BCUT2D eigenvalue weighted by molar-refractivity contribution is 0.400. The van der Waals surface area contributed by atoms with Crippen LogP contribution in [-0.4, -0.2) is 15.1 Å². The fourth-order valence-corrected chi connectivity index (χ4v) is 1.98. The van der Waals surface area contributed by atoms with Crippen LogP contribution in [-0.2, 0) is 0 Å². The molecule has 0 amide bonds. The predicted molar refractivity (Wildman–Crippen MR) is 77.0 cm³/mol. The summed E-state index contributed by atoms with van der Waals surface area (Å²) in [7, 11) is 0. The summed E-state index contributed by atoms with van der Waals surface area (Å²) in [5.41, 5.74) is 1.71. The number of benzene rings is 1. The zero-order chi connectivity index (χ0) is 13.9. The van der Waals surface area contributed by atoms with Gasteiger partial charge in [-0.1, -0.05) is 35.5 Å². The maximum Gasteiger partial charge on any atom is 0.224 e. The van der Waals surface area contributed by atoms with Crippen LogP contribution >= 0.6 is 11.6 Å². The molecule has 1 aromatic carbocycles. The minimum Gasteiger partial charge on any atom is -0.360 e. The molecule has 0 saturated heterocycles. The molecule has 0 saturated carbocycles. The lowest BCUT2D eigenvalue weighted by atomic mass is 10.1. The first kappa shape index (κ1) is 12.6. The maximum absolute atomic E-state index is 5.97. The molecular formula is C14H11ClN4O. The SMILES string of the molecule is Cc1cc(Nc2cc(-c3ccccc3)nc(Cl)n2)no1. The van der Waals surface area contributed by atoms with Crippen molar-refractivity contribution in [1.29, 1.82) is 0 Å². The summed E-state index contributed by atoms with van der Waals surface area (Å²) in [4.78, 5) is 8.35. The van der Waals surface area contributed by atoms with E-state index in [1.165, 1.54) is 0 Å². The van der Waals surface area contributed by atoms with Crippen molar-refractivity contribution in [1.82, 2.24) is 15.1 Å². The molecule has 3 aromatic rings. The van der Waals surface area contributed by atoms with Crippen LogP contribution in [0.2, 0.25) is 5.28 Å². The second-order valence-corrected chi connectivity index (χ2v) is 4.56. The Kier molecular flexibility index (Phi) is 3.35. The van der Waals surface area contributed by atoms with Gasteiger partial charge in [0.15, 0.2) is 5.82 Å². The lowest BCUT2D eigenvalue weighted by Crippen LogP contribution is -1.97. The van der Waals surface area contributed by atoms with E-state index in [4.69, 9.17) is 16.1 Å². The average Bonchev–Trinajstić information content (AvgIpc) is 2.84. The number of nitrogens with one attached hydrogen (secondary N) is 1. The van der Waals surface area contributed by atoms with Crippen LogP contribution < -0.4 is 5.32 Å². The van der Waals surface area contributed by atoms with Crippen LogP contribution in [0, 0.1) is 6.92 Å². The topological polar surface area (TPSA) is 63.8 Å². The zero-order valence-electron chi connectivity index (χ0n) is 10.7. The second kappa shape index (κ2) is 5.30. The summed E-state index contributed by atoms with van der Waals surface area (Å²) >= 11 is 5.97. The molecule has 0 aliphatic rings. The third-order valence-corrected chi connectivity index (χ3v) is 2.82. The minimum atomic E-state index is 0.175. The number of halogens is 1. The molecule has 0 radical (unpaired) electrons. The van der Waals surface area contributed by atoms with Gasteiger partial charge in [0.05, 0.1) is 5.69 Å². The number of anilines is 2. The highest BCUT2D eigenvalue weighted by Gasteiger charge is 2.07. The van der Waals surface area contributed by atoms with Crippen LogP contribution in [0.5, 0.6) is 0 Å². The Morgan fingerprint density at radius 3 is 2.55 bits per heavy atom. The zero-order valence-corrected chi connectivity index (χ0v) is 11.4. The van der Waals surface area contributed by atoms with E-state index in [-0.39, 0.29) is 5.28 Å². The van der Waals surface area contributed by atoms with Crippen LogP contribution in [0.15, 0.2) is 47.0 Å². The van der Waals surface area contributed by atoms with Crippen LogP contribution in [0.1, 0.15) is 5.76 Å². The third-order valence-electron chi connectivity index (χ3n) is 2.65. The van der Waals surface area contributed by atoms with Gasteiger partial charge in [0.25, 0.3) is 0 Å². The molecule has 2 aromatic heterocycles. The maximum atomic E-state index is 5.97. The molecule has 0 aliphatic carbocycles. The number of rotatable bonds is 3. The smallest absolute Gasteiger partial charge is 0.224 e. The van der Waals surface area contributed by atoms with Crippen molar-refractivity contribution in [2.24, 2.45) is 0 Å². The van der Waals surface area contributed by atoms with Crippen molar-refractivity contribution in [2.45, 2.75) is 6.92 Å². The lowest BCUT2D eigenvalue weighted by Gasteiger charge is -2.05. The van der Waals surface area contributed by atoms with Crippen molar-refractivity contribution in [3.63, 3.8) is 0 Å². The van der Waals surface area contributed by atoms with Crippen molar-refractivity contribution < 1.29 is 4.52 Å². The molecular weight excluding hydrogens is 276 g/mol. The van der Waals surface area contributed by atoms with Crippen molar-refractivity contribution in [3.05, 3.63) is 53.5 Å². The van der Waals surface area contributed by atoms with E-state index in [0.717, 1.165) is 17.0 Å². The molecule has 0 spiro atoms. The number of aryl methyl sites for hydroxylation is 1. The van der Waals surface area contributed by atoms with Crippen molar-refractivity contribution in [2.75, 3.05) is 5.32 Å². The fraction of sp³-hybridized carbons (Fsp3) is 0.0714.